The third kappa shape index (κ3) is 4.48. The molecule has 0 amide bonds. The van der Waals surface area contributed by atoms with Gasteiger partial charge < -0.3 is 25.7 Å². The molecule has 2 aromatic heterocycles. The largest absolute Gasteiger partial charge is 0.497 e. The summed E-state index contributed by atoms with van der Waals surface area (Å²) < 4.78 is 7.32. The van der Waals surface area contributed by atoms with Gasteiger partial charge in [0.1, 0.15) is 5.75 Å². The summed E-state index contributed by atoms with van der Waals surface area (Å²) in [4.78, 5) is 14.2. The molecule has 1 aliphatic rings. The Labute approximate surface area is 177 Å². The van der Waals surface area contributed by atoms with E-state index in [-0.39, 0.29) is 6.04 Å². The Kier molecular flexibility index (Phi) is 6.03. The van der Waals surface area contributed by atoms with Gasteiger partial charge in [0.25, 0.3) is 0 Å². The molecule has 1 saturated carbocycles. The highest BCUT2D eigenvalue weighted by Crippen LogP contribution is 2.26. The third-order valence-corrected chi connectivity index (χ3v) is 5.70. The zero-order valence-electron chi connectivity index (χ0n) is 17.9. The first-order chi connectivity index (χ1) is 14.5. The van der Waals surface area contributed by atoms with Crippen LogP contribution < -0.4 is 21.1 Å². The van der Waals surface area contributed by atoms with E-state index >= 15 is 0 Å². The number of nitrogens with zero attached hydrogens (tertiary/aromatic N) is 4. The molecular formula is C22H31N7O. The fourth-order valence-electron chi connectivity index (χ4n) is 3.86. The minimum Gasteiger partial charge on any atom is -0.497 e. The number of hydrogen-bond donors (Lipinski definition) is 3. The van der Waals surface area contributed by atoms with Crippen molar-refractivity contribution in [3.8, 4) is 5.75 Å². The number of hydrogen-bond acceptors (Lipinski definition) is 7. The van der Waals surface area contributed by atoms with Crippen LogP contribution in [0.15, 0.2) is 30.6 Å². The lowest BCUT2D eigenvalue weighted by molar-refractivity contribution is 0.410. The number of fused-ring (bicyclic) bond motifs is 1. The van der Waals surface area contributed by atoms with Crippen molar-refractivity contribution in [2.45, 2.75) is 64.2 Å². The van der Waals surface area contributed by atoms with Crippen molar-refractivity contribution < 1.29 is 4.74 Å². The SMILES string of the molecule is COc1ccc(CNc2nc(N[C@H]3CC[C@H](N)CC3)nc3c2ncn3C(C)C)cc1. The summed E-state index contributed by atoms with van der Waals surface area (Å²) in [5.41, 5.74) is 8.82. The molecule has 0 saturated heterocycles. The molecule has 2 heterocycles. The number of ether oxygens (including phenoxy) is 1. The van der Waals surface area contributed by atoms with E-state index in [2.05, 4.69) is 34.0 Å². The van der Waals surface area contributed by atoms with Crippen molar-refractivity contribution >= 4 is 22.9 Å². The van der Waals surface area contributed by atoms with Crippen molar-refractivity contribution in [1.82, 2.24) is 19.5 Å². The van der Waals surface area contributed by atoms with E-state index in [4.69, 9.17) is 20.4 Å². The predicted molar refractivity (Wildman–Crippen MR) is 120 cm³/mol. The van der Waals surface area contributed by atoms with E-state index < -0.39 is 0 Å². The highest BCUT2D eigenvalue weighted by atomic mass is 16.5. The van der Waals surface area contributed by atoms with Crippen LogP contribution in [0.4, 0.5) is 11.8 Å². The van der Waals surface area contributed by atoms with Crippen LogP contribution >= 0.6 is 0 Å². The van der Waals surface area contributed by atoms with Gasteiger partial charge in [-0.1, -0.05) is 12.1 Å². The van der Waals surface area contributed by atoms with Crippen LogP contribution in [0.25, 0.3) is 11.2 Å². The molecule has 0 unspecified atom stereocenters. The molecule has 0 radical (unpaired) electrons. The van der Waals surface area contributed by atoms with Gasteiger partial charge in [0, 0.05) is 24.7 Å². The number of aromatic nitrogens is 4. The number of methoxy groups -OCH3 is 1. The van der Waals surface area contributed by atoms with Crippen LogP contribution in [0, 0.1) is 0 Å². The fourth-order valence-corrected chi connectivity index (χ4v) is 3.86. The molecule has 0 atom stereocenters. The van der Waals surface area contributed by atoms with E-state index in [0.717, 1.165) is 54.0 Å². The van der Waals surface area contributed by atoms with Gasteiger partial charge in [0.2, 0.25) is 5.95 Å². The predicted octanol–water partition coefficient (Wildman–Crippen LogP) is 3.71. The van der Waals surface area contributed by atoms with Crippen molar-refractivity contribution in [3.63, 3.8) is 0 Å². The van der Waals surface area contributed by atoms with Gasteiger partial charge in [-0.3, -0.25) is 0 Å². The molecule has 8 heteroatoms. The van der Waals surface area contributed by atoms with Crippen molar-refractivity contribution in [2.24, 2.45) is 5.73 Å². The second-order valence-electron chi connectivity index (χ2n) is 8.27. The van der Waals surface area contributed by atoms with E-state index in [1.165, 1.54) is 0 Å². The number of rotatable bonds is 7. The van der Waals surface area contributed by atoms with E-state index in [0.29, 0.717) is 24.6 Å². The standard InChI is InChI=1S/C22H31N7O/c1-14(2)29-13-25-19-20(24-12-15-4-10-18(30-3)11-5-15)27-22(28-21(19)29)26-17-8-6-16(23)7-9-17/h4-5,10-11,13-14,16-17H,6-9,12,23H2,1-3H3,(H2,24,26,27,28)/t16-,17-. The monoisotopic (exact) mass is 409 g/mol. The average molecular weight is 410 g/mol. The Morgan fingerprint density at radius 1 is 1.13 bits per heavy atom. The Morgan fingerprint density at radius 3 is 2.53 bits per heavy atom. The number of benzene rings is 1. The summed E-state index contributed by atoms with van der Waals surface area (Å²) in [7, 11) is 1.67. The van der Waals surface area contributed by atoms with Crippen LogP contribution in [-0.2, 0) is 6.54 Å². The highest BCUT2D eigenvalue weighted by Gasteiger charge is 2.21. The lowest BCUT2D eigenvalue weighted by Gasteiger charge is -2.27. The molecule has 1 aromatic carbocycles. The lowest BCUT2D eigenvalue weighted by Crippen LogP contribution is -2.33. The summed E-state index contributed by atoms with van der Waals surface area (Å²) in [6.45, 7) is 4.90. The van der Waals surface area contributed by atoms with Crippen LogP contribution in [0.2, 0.25) is 0 Å². The Balaban J connectivity index is 1.59. The summed E-state index contributed by atoms with van der Waals surface area (Å²) in [6, 6.07) is 8.94. The van der Waals surface area contributed by atoms with Gasteiger partial charge in [0.05, 0.1) is 13.4 Å². The fraction of sp³-hybridized carbons (Fsp3) is 0.500. The van der Waals surface area contributed by atoms with E-state index in [1.54, 1.807) is 7.11 Å². The van der Waals surface area contributed by atoms with Gasteiger partial charge in [-0.2, -0.15) is 9.97 Å². The topological polar surface area (TPSA) is 103 Å². The van der Waals surface area contributed by atoms with Gasteiger partial charge >= 0.3 is 0 Å². The summed E-state index contributed by atoms with van der Waals surface area (Å²) in [5.74, 6) is 2.23. The molecule has 0 bridgehead atoms. The van der Waals surface area contributed by atoms with Gasteiger partial charge in [-0.15, -0.1) is 0 Å². The van der Waals surface area contributed by atoms with E-state index in [9.17, 15) is 0 Å². The molecule has 0 spiro atoms. The first-order valence-electron chi connectivity index (χ1n) is 10.7. The van der Waals surface area contributed by atoms with Crippen LogP contribution in [0.3, 0.4) is 0 Å². The molecule has 8 nitrogen and oxygen atoms in total. The average Bonchev–Trinajstić information content (AvgIpc) is 3.18. The van der Waals surface area contributed by atoms with Gasteiger partial charge in [-0.25, -0.2) is 4.98 Å². The summed E-state index contributed by atoms with van der Waals surface area (Å²) in [6.07, 6.45) is 5.99. The maximum absolute atomic E-state index is 6.05. The number of nitrogens with two attached hydrogens (primary N) is 1. The lowest BCUT2D eigenvalue weighted by atomic mass is 9.92. The molecular weight excluding hydrogens is 378 g/mol. The molecule has 1 fully saturated rings. The Bertz CT molecular complexity index is 975. The maximum atomic E-state index is 6.05. The first-order valence-corrected chi connectivity index (χ1v) is 10.7. The van der Waals surface area contributed by atoms with Crippen LogP contribution in [0.5, 0.6) is 5.75 Å². The molecule has 1 aliphatic carbocycles. The van der Waals surface area contributed by atoms with Crippen molar-refractivity contribution in [2.75, 3.05) is 17.7 Å². The molecule has 4 N–H and O–H groups in total. The van der Waals surface area contributed by atoms with Gasteiger partial charge in [0.15, 0.2) is 17.0 Å². The number of nitrogens with one attached hydrogen (secondary N) is 2. The van der Waals surface area contributed by atoms with Crippen molar-refractivity contribution in [3.05, 3.63) is 36.2 Å². The zero-order valence-corrected chi connectivity index (χ0v) is 17.9. The summed E-state index contributed by atoms with van der Waals surface area (Å²) in [5, 5.41) is 6.98. The minimum atomic E-state index is 0.264. The van der Waals surface area contributed by atoms with Crippen LogP contribution in [-0.4, -0.2) is 38.7 Å². The zero-order chi connectivity index (χ0) is 21.1. The van der Waals surface area contributed by atoms with Crippen molar-refractivity contribution in [1.29, 1.82) is 0 Å². The van der Waals surface area contributed by atoms with Gasteiger partial charge in [-0.05, 0) is 57.2 Å². The Hall–Kier alpha value is -2.87. The second kappa shape index (κ2) is 8.87. The molecule has 3 aromatic rings. The number of imidazole rings is 1. The molecule has 30 heavy (non-hydrogen) atoms. The molecule has 4 rings (SSSR count). The first kappa shape index (κ1) is 20.4. The number of anilines is 2. The normalized spacial score (nSPS) is 19.2. The quantitative estimate of drug-likeness (QED) is 0.546. The van der Waals surface area contributed by atoms with E-state index in [1.807, 2.05) is 30.6 Å². The maximum Gasteiger partial charge on any atom is 0.227 e. The second-order valence-corrected chi connectivity index (χ2v) is 8.27. The summed E-state index contributed by atoms with van der Waals surface area (Å²) >= 11 is 0. The minimum absolute atomic E-state index is 0.264. The molecule has 160 valence electrons. The smallest absolute Gasteiger partial charge is 0.227 e. The highest BCUT2D eigenvalue weighted by molar-refractivity contribution is 5.84. The Morgan fingerprint density at radius 2 is 1.87 bits per heavy atom. The van der Waals surface area contributed by atoms with Crippen LogP contribution in [0.1, 0.15) is 51.1 Å². The third-order valence-electron chi connectivity index (χ3n) is 5.70. The molecule has 0 aliphatic heterocycles.